The zero-order valence-corrected chi connectivity index (χ0v) is 9.39. The predicted molar refractivity (Wildman–Crippen MR) is 57.8 cm³/mol. The average Bonchev–Trinajstić information content (AvgIpc) is 2.50. The van der Waals surface area contributed by atoms with Crippen LogP contribution in [0.15, 0.2) is 4.52 Å². The van der Waals surface area contributed by atoms with Crippen molar-refractivity contribution >= 4 is 11.8 Å². The number of amides is 1. The lowest BCUT2D eigenvalue weighted by atomic mass is 10.3. The van der Waals surface area contributed by atoms with Crippen LogP contribution in [0.25, 0.3) is 0 Å². The van der Waals surface area contributed by atoms with Crippen molar-refractivity contribution in [3.05, 3.63) is 11.3 Å². The van der Waals surface area contributed by atoms with Gasteiger partial charge >= 0.3 is 0 Å². The Kier molecular flexibility index (Phi) is 4.30. The van der Waals surface area contributed by atoms with Crippen molar-refractivity contribution in [1.82, 2.24) is 10.5 Å². The normalized spacial score (nSPS) is 10.3. The molecule has 0 aliphatic heterocycles. The van der Waals surface area contributed by atoms with E-state index in [4.69, 9.17) is 4.52 Å². The third kappa shape index (κ3) is 3.36. The van der Waals surface area contributed by atoms with Gasteiger partial charge in [-0.25, -0.2) is 0 Å². The summed E-state index contributed by atoms with van der Waals surface area (Å²) in [5.41, 5.74) is 1.67. The van der Waals surface area contributed by atoms with Crippen molar-refractivity contribution in [1.29, 1.82) is 0 Å². The fraction of sp³-hybridized carbons (Fsp3) is 0.600. The van der Waals surface area contributed by atoms with Gasteiger partial charge in [-0.05, 0) is 26.8 Å². The van der Waals surface area contributed by atoms with Gasteiger partial charge in [-0.1, -0.05) is 12.1 Å². The standard InChI is InChI=1S/C10H17N3O2/c1-4-5-11-6-9(14)12-10-7(2)8(3)13-15-10/h11H,4-6H2,1-3H3,(H,12,14). The van der Waals surface area contributed by atoms with Gasteiger partial charge in [0.2, 0.25) is 11.8 Å². The zero-order valence-electron chi connectivity index (χ0n) is 9.39. The average molecular weight is 211 g/mol. The number of nitrogens with zero attached hydrogens (tertiary/aromatic N) is 1. The second kappa shape index (κ2) is 5.50. The van der Waals surface area contributed by atoms with Gasteiger partial charge in [-0.3, -0.25) is 10.1 Å². The monoisotopic (exact) mass is 211 g/mol. The molecule has 0 unspecified atom stereocenters. The van der Waals surface area contributed by atoms with E-state index in [1.807, 2.05) is 13.8 Å². The first-order valence-electron chi connectivity index (χ1n) is 5.08. The van der Waals surface area contributed by atoms with Crippen LogP contribution >= 0.6 is 0 Å². The molecule has 0 saturated heterocycles. The van der Waals surface area contributed by atoms with Crippen LogP contribution < -0.4 is 10.6 Å². The number of nitrogens with one attached hydrogen (secondary N) is 2. The Morgan fingerprint density at radius 2 is 2.20 bits per heavy atom. The molecule has 1 amide bonds. The molecule has 0 fully saturated rings. The van der Waals surface area contributed by atoms with Crippen molar-refractivity contribution in [2.75, 3.05) is 18.4 Å². The maximum absolute atomic E-state index is 11.4. The first-order chi connectivity index (χ1) is 7.15. The summed E-state index contributed by atoms with van der Waals surface area (Å²) in [7, 11) is 0. The lowest BCUT2D eigenvalue weighted by molar-refractivity contribution is -0.115. The number of aromatic nitrogens is 1. The molecular formula is C10H17N3O2. The smallest absolute Gasteiger partial charge is 0.240 e. The third-order valence-electron chi connectivity index (χ3n) is 2.12. The molecule has 5 nitrogen and oxygen atoms in total. The molecule has 1 heterocycles. The molecule has 1 rings (SSSR count). The van der Waals surface area contributed by atoms with Gasteiger partial charge in [0.25, 0.3) is 0 Å². The molecule has 84 valence electrons. The molecule has 0 radical (unpaired) electrons. The zero-order chi connectivity index (χ0) is 11.3. The van der Waals surface area contributed by atoms with Crippen LogP contribution in [0.3, 0.4) is 0 Å². The van der Waals surface area contributed by atoms with E-state index >= 15 is 0 Å². The van der Waals surface area contributed by atoms with Crippen LogP contribution in [-0.2, 0) is 4.79 Å². The predicted octanol–water partition coefficient (Wildman–Crippen LogP) is 1.23. The summed E-state index contributed by atoms with van der Waals surface area (Å²) in [4.78, 5) is 11.4. The van der Waals surface area contributed by atoms with Crippen molar-refractivity contribution in [2.45, 2.75) is 27.2 Å². The van der Waals surface area contributed by atoms with Crippen LogP contribution in [0.4, 0.5) is 5.88 Å². The summed E-state index contributed by atoms with van der Waals surface area (Å²) in [6.07, 6.45) is 1.01. The maximum atomic E-state index is 11.4. The Balaban J connectivity index is 2.41. The summed E-state index contributed by atoms with van der Waals surface area (Å²) in [6.45, 7) is 6.88. The summed E-state index contributed by atoms with van der Waals surface area (Å²) < 4.78 is 4.96. The first kappa shape index (κ1) is 11.7. The Morgan fingerprint density at radius 3 is 2.73 bits per heavy atom. The van der Waals surface area contributed by atoms with Gasteiger partial charge in [-0.15, -0.1) is 0 Å². The third-order valence-corrected chi connectivity index (χ3v) is 2.12. The minimum absolute atomic E-state index is 0.109. The molecule has 1 aromatic heterocycles. The number of carbonyl (C=O) groups excluding carboxylic acids is 1. The molecule has 1 aromatic rings. The highest BCUT2D eigenvalue weighted by atomic mass is 16.5. The second-order valence-electron chi connectivity index (χ2n) is 3.45. The quantitative estimate of drug-likeness (QED) is 0.719. The van der Waals surface area contributed by atoms with Gasteiger partial charge in [0, 0.05) is 5.56 Å². The number of anilines is 1. The van der Waals surface area contributed by atoms with Crippen molar-refractivity contribution < 1.29 is 9.32 Å². The highest BCUT2D eigenvalue weighted by molar-refractivity contribution is 5.91. The minimum Gasteiger partial charge on any atom is -0.338 e. The SMILES string of the molecule is CCCNCC(=O)Nc1onc(C)c1C. The summed E-state index contributed by atoms with van der Waals surface area (Å²) in [6, 6.07) is 0. The highest BCUT2D eigenvalue weighted by Crippen LogP contribution is 2.16. The number of carbonyl (C=O) groups is 1. The Morgan fingerprint density at radius 1 is 1.47 bits per heavy atom. The molecule has 0 spiro atoms. The highest BCUT2D eigenvalue weighted by Gasteiger charge is 2.10. The molecular weight excluding hydrogens is 194 g/mol. The van der Waals surface area contributed by atoms with Crippen LogP contribution in [0.1, 0.15) is 24.6 Å². The molecule has 0 aliphatic carbocycles. The van der Waals surface area contributed by atoms with Gasteiger partial charge < -0.3 is 9.84 Å². The minimum atomic E-state index is -0.109. The van der Waals surface area contributed by atoms with Crippen molar-refractivity contribution in [2.24, 2.45) is 0 Å². The van der Waals surface area contributed by atoms with Crippen LogP contribution in [0.2, 0.25) is 0 Å². The molecule has 0 atom stereocenters. The molecule has 0 aliphatic rings. The van der Waals surface area contributed by atoms with Gasteiger partial charge in [0.1, 0.15) is 0 Å². The van der Waals surface area contributed by atoms with Crippen LogP contribution in [-0.4, -0.2) is 24.2 Å². The molecule has 15 heavy (non-hydrogen) atoms. The summed E-state index contributed by atoms with van der Waals surface area (Å²) >= 11 is 0. The van der Waals surface area contributed by atoms with Gasteiger partial charge in [-0.2, -0.15) is 0 Å². The lowest BCUT2D eigenvalue weighted by Crippen LogP contribution is -2.28. The number of aryl methyl sites for hydroxylation is 1. The van der Waals surface area contributed by atoms with E-state index < -0.39 is 0 Å². The molecule has 0 aromatic carbocycles. The number of hydrogen-bond donors (Lipinski definition) is 2. The number of rotatable bonds is 5. The number of hydrogen-bond acceptors (Lipinski definition) is 4. The van der Waals surface area contributed by atoms with Crippen molar-refractivity contribution in [3.8, 4) is 0 Å². The Bertz CT molecular complexity index is 333. The Labute approximate surface area is 89.2 Å². The van der Waals surface area contributed by atoms with Gasteiger partial charge in [0.15, 0.2) is 0 Å². The van der Waals surface area contributed by atoms with E-state index in [1.165, 1.54) is 0 Å². The second-order valence-corrected chi connectivity index (χ2v) is 3.45. The lowest BCUT2D eigenvalue weighted by Gasteiger charge is -2.03. The fourth-order valence-corrected chi connectivity index (χ4v) is 1.08. The van der Waals surface area contributed by atoms with E-state index in [0.29, 0.717) is 12.4 Å². The van der Waals surface area contributed by atoms with Gasteiger partial charge in [0.05, 0.1) is 12.2 Å². The fourth-order valence-electron chi connectivity index (χ4n) is 1.08. The molecule has 5 heteroatoms. The first-order valence-corrected chi connectivity index (χ1v) is 5.08. The van der Waals surface area contributed by atoms with E-state index in [-0.39, 0.29) is 5.91 Å². The Hall–Kier alpha value is -1.36. The topological polar surface area (TPSA) is 67.2 Å². The van der Waals surface area contributed by atoms with Crippen molar-refractivity contribution in [3.63, 3.8) is 0 Å². The molecule has 0 bridgehead atoms. The summed E-state index contributed by atoms with van der Waals surface area (Å²) in [5, 5.41) is 9.42. The molecule has 2 N–H and O–H groups in total. The van der Waals surface area contributed by atoms with E-state index in [0.717, 1.165) is 24.2 Å². The van der Waals surface area contributed by atoms with E-state index in [2.05, 4.69) is 22.7 Å². The van der Waals surface area contributed by atoms with Crippen LogP contribution in [0, 0.1) is 13.8 Å². The molecule has 0 saturated carbocycles. The maximum Gasteiger partial charge on any atom is 0.240 e. The van der Waals surface area contributed by atoms with E-state index in [1.54, 1.807) is 0 Å². The summed E-state index contributed by atoms with van der Waals surface area (Å²) in [5.74, 6) is 0.332. The largest absolute Gasteiger partial charge is 0.338 e. The van der Waals surface area contributed by atoms with E-state index in [9.17, 15) is 4.79 Å². The van der Waals surface area contributed by atoms with Crippen LogP contribution in [0.5, 0.6) is 0 Å².